The molecular formula is C31H52N7O18P3S. The Hall–Kier alpha value is -2.74. The topological polar surface area (TPSA) is 384 Å². The number of amides is 2. The first-order chi connectivity index (χ1) is 27.6. The van der Waals surface area contributed by atoms with Gasteiger partial charge in [0.1, 0.15) is 36.3 Å². The Morgan fingerprint density at radius 1 is 1.03 bits per heavy atom. The number of phosphoric acid groups is 3. The van der Waals surface area contributed by atoms with E-state index in [1.54, 1.807) is 6.92 Å². The van der Waals surface area contributed by atoms with Crippen molar-refractivity contribution in [1.82, 2.24) is 30.2 Å². The quantitative estimate of drug-likeness (QED) is 0.0383. The van der Waals surface area contributed by atoms with Crippen LogP contribution in [0.5, 0.6) is 0 Å². The standard InChI is InChI=1S/C31H52N7O18P3S/c1-16(2)17(3)11-19(39)18(4)30(44)60-10-9-33-21(40)7-8-34-28(43)25(42)31(5,6)13-53-59(50,51)56-58(48,49)52-12-20-24(55-57(45,46)47)23(41)29(54-20)38-15-37-22-26(32)35-14-36-27(22)38/h14-16,18-20,23-25,29,39,41-42H,3,7-13H2,1-2,4-6H3,(H,33,40)(H,34,43)(H,48,49)(H,50,51)(H2,32,35,36)(H2,45,46,47). The van der Waals surface area contributed by atoms with Gasteiger partial charge in [0.05, 0.1) is 31.6 Å². The van der Waals surface area contributed by atoms with Crippen molar-refractivity contribution < 1.29 is 85.6 Å². The van der Waals surface area contributed by atoms with Gasteiger partial charge in [0.25, 0.3) is 0 Å². The highest BCUT2D eigenvalue weighted by Gasteiger charge is 2.50. The smallest absolute Gasteiger partial charge is 0.392 e. The van der Waals surface area contributed by atoms with Crippen molar-refractivity contribution in [3.8, 4) is 0 Å². The summed E-state index contributed by atoms with van der Waals surface area (Å²) >= 11 is 0.952. The highest BCUT2D eigenvalue weighted by atomic mass is 32.2. The van der Waals surface area contributed by atoms with Gasteiger partial charge >= 0.3 is 23.5 Å². The molecule has 9 unspecified atom stereocenters. The van der Waals surface area contributed by atoms with Crippen LogP contribution in [0.15, 0.2) is 24.8 Å². The van der Waals surface area contributed by atoms with Gasteiger partial charge in [0.15, 0.2) is 22.8 Å². The van der Waals surface area contributed by atoms with E-state index in [0.29, 0.717) is 6.42 Å². The van der Waals surface area contributed by atoms with Gasteiger partial charge in [-0.1, -0.05) is 58.5 Å². The molecule has 9 atom stereocenters. The molecule has 29 heteroatoms. The Morgan fingerprint density at radius 2 is 1.68 bits per heavy atom. The Labute approximate surface area is 348 Å². The monoisotopic (exact) mass is 935 g/mol. The number of anilines is 1. The zero-order valence-corrected chi connectivity index (χ0v) is 36.7. The molecule has 340 valence electrons. The van der Waals surface area contributed by atoms with Crippen molar-refractivity contribution in [3.05, 3.63) is 24.8 Å². The predicted octanol–water partition coefficient (Wildman–Crippen LogP) is 0.264. The first kappa shape index (κ1) is 51.6. The van der Waals surface area contributed by atoms with E-state index in [0.717, 1.165) is 34.6 Å². The van der Waals surface area contributed by atoms with Crippen LogP contribution >= 0.6 is 35.2 Å². The summed E-state index contributed by atoms with van der Waals surface area (Å²) in [5.74, 6) is -1.78. The summed E-state index contributed by atoms with van der Waals surface area (Å²) in [7, 11) is -16.4. The molecule has 3 heterocycles. The number of carbonyl (C=O) groups excluding carboxylic acids is 3. The number of aliphatic hydroxyl groups is 3. The third kappa shape index (κ3) is 15.3. The molecule has 0 saturated carbocycles. The van der Waals surface area contributed by atoms with E-state index in [1.807, 2.05) is 13.8 Å². The lowest BCUT2D eigenvalue weighted by molar-refractivity contribution is -0.137. The van der Waals surface area contributed by atoms with E-state index in [2.05, 4.69) is 41.0 Å². The van der Waals surface area contributed by atoms with Crippen LogP contribution in [0.25, 0.3) is 11.2 Å². The SMILES string of the molecule is C=C(CC(O)C(C)C(=O)SCCNC(=O)CCNC(=O)C(O)C(C)(C)COP(=O)(O)OP(=O)(O)OCC1OC(n2cnc3c(N)ncnc32)C(O)C1OP(=O)(O)O)C(C)C. The molecule has 2 aromatic rings. The molecule has 2 amide bonds. The first-order valence-electron chi connectivity index (χ1n) is 18.1. The Balaban J connectivity index is 1.45. The van der Waals surface area contributed by atoms with Gasteiger partial charge in [-0.05, 0) is 12.3 Å². The summed E-state index contributed by atoms with van der Waals surface area (Å²) in [6.07, 6.45) is -7.61. The Morgan fingerprint density at radius 3 is 2.32 bits per heavy atom. The minimum Gasteiger partial charge on any atom is -0.392 e. The average molecular weight is 936 g/mol. The number of rotatable bonds is 24. The zero-order valence-electron chi connectivity index (χ0n) is 33.2. The number of fused-ring (bicyclic) bond motifs is 1. The summed E-state index contributed by atoms with van der Waals surface area (Å²) in [4.78, 5) is 88.3. The van der Waals surface area contributed by atoms with Crippen LogP contribution in [-0.2, 0) is 50.7 Å². The summed E-state index contributed by atoms with van der Waals surface area (Å²) in [6, 6.07) is 0. The van der Waals surface area contributed by atoms with Crippen LogP contribution in [-0.4, -0.2) is 134 Å². The van der Waals surface area contributed by atoms with Crippen LogP contribution in [0.2, 0.25) is 0 Å². The van der Waals surface area contributed by atoms with Crippen LogP contribution in [0, 0.1) is 17.3 Å². The second-order valence-electron chi connectivity index (χ2n) is 14.6. The number of ether oxygens (including phenoxy) is 1. The second kappa shape index (κ2) is 21.6. The summed E-state index contributed by atoms with van der Waals surface area (Å²) < 4.78 is 62.2. The number of aromatic nitrogens is 4. The largest absolute Gasteiger partial charge is 0.481 e. The van der Waals surface area contributed by atoms with E-state index in [1.165, 1.54) is 13.8 Å². The van der Waals surface area contributed by atoms with Crippen molar-refractivity contribution in [3.63, 3.8) is 0 Å². The van der Waals surface area contributed by atoms with Gasteiger partial charge in [0, 0.05) is 30.7 Å². The molecule has 1 saturated heterocycles. The number of thioether (sulfide) groups is 1. The van der Waals surface area contributed by atoms with Crippen LogP contribution in [0.4, 0.5) is 5.82 Å². The molecule has 0 spiro atoms. The average Bonchev–Trinajstić information content (AvgIpc) is 3.70. The highest BCUT2D eigenvalue weighted by molar-refractivity contribution is 8.13. The number of carbonyl (C=O) groups is 3. The maximum atomic E-state index is 12.7. The number of phosphoric ester groups is 3. The van der Waals surface area contributed by atoms with Gasteiger partial charge in [0.2, 0.25) is 11.8 Å². The van der Waals surface area contributed by atoms with E-state index in [9.17, 15) is 63.0 Å². The fourth-order valence-electron chi connectivity index (χ4n) is 5.25. The van der Waals surface area contributed by atoms with Gasteiger partial charge < -0.3 is 56.0 Å². The van der Waals surface area contributed by atoms with Gasteiger partial charge in [-0.15, -0.1) is 0 Å². The molecule has 1 aliphatic heterocycles. The number of nitrogens with two attached hydrogens (primary N) is 1. The van der Waals surface area contributed by atoms with Crippen molar-refractivity contribution in [2.75, 3.05) is 37.8 Å². The number of aliphatic hydroxyl groups excluding tert-OH is 3. The molecule has 1 aliphatic rings. The fourth-order valence-corrected chi connectivity index (χ4v) is 8.91. The highest BCUT2D eigenvalue weighted by Crippen LogP contribution is 2.61. The third-order valence-corrected chi connectivity index (χ3v) is 13.1. The minimum absolute atomic E-state index is 0.0244. The summed E-state index contributed by atoms with van der Waals surface area (Å²) in [6.45, 7) is 9.71. The predicted molar refractivity (Wildman–Crippen MR) is 211 cm³/mol. The number of nitrogen functional groups attached to an aromatic ring is 1. The van der Waals surface area contributed by atoms with Crippen LogP contribution in [0.1, 0.15) is 53.7 Å². The van der Waals surface area contributed by atoms with Gasteiger partial charge in [-0.3, -0.25) is 32.5 Å². The number of imidazole rings is 1. The maximum absolute atomic E-state index is 12.7. The van der Waals surface area contributed by atoms with Crippen LogP contribution < -0.4 is 16.4 Å². The van der Waals surface area contributed by atoms with Crippen molar-refractivity contribution in [2.24, 2.45) is 17.3 Å². The van der Waals surface area contributed by atoms with E-state index in [4.69, 9.17) is 19.5 Å². The molecule has 0 bridgehead atoms. The second-order valence-corrected chi connectivity index (χ2v) is 19.9. The number of hydrogen-bond acceptors (Lipinski definition) is 19. The normalized spacial score (nSPS) is 22.1. The summed E-state index contributed by atoms with van der Waals surface area (Å²) in [5, 5.41) is 36.5. The molecule has 11 N–H and O–H groups in total. The lowest BCUT2D eigenvalue weighted by atomic mass is 9.87. The number of nitrogens with one attached hydrogen (secondary N) is 2. The molecule has 1 fully saturated rings. The van der Waals surface area contributed by atoms with E-state index in [-0.39, 0.29) is 53.3 Å². The van der Waals surface area contributed by atoms with Gasteiger partial charge in [-0.2, -0.15) is 4.31 Å². The minimum atomic E-state index is -5.59. The molecule has 25 nitrogen and oxygen atoms in total. The molecule has 3 rings (SSSR count). The molecule has 0 aromatic carbocycles. The molecule has 2 aromatic heterocycles. The Kier molecular flexibility index (Phi) is 18.5. The molecular weight excluding hydrogens is 883 g/mol. The van der Waals surface area contributed by atoms with Gasteiger partial charge in [-0.25, -0.2) is 28.6 Å². The first-order valence-corrected chi connectivity index (χ1v) is 23.6. The lowest BCUT2D eigenvalue weighted by Crippen LogP contribution is -2.46. The van der Waals surface area contributed by atoms with Crippen molar-refractivity contribution in [2.45, 2.75) is 84.2 Å². The fraction of sp³-hybridized carbons (Fsp3) is 0.677. The Bertz CT molecular complexity index is 1980. The molecule has 0 aliphatic carbocycles. The molecule has 60 heavy (non-hydrogen) atoms. The third-order valence-electron chi connectivity index (χ3n) is 8.98. The number of nitrogens with zero attached hydrogens (tertiary/aromatic N) is 4. The zero-order chi connectivity index (χ0) is 45.4. The van der Waals surface area contributed by atoms with Crippen LogP contribution in [0.3, 0.4) is 0 Å². The van der Waals surface area contributed by atoms with E-state index < -0.39 is 96.6 Å². The lowest BCUT2D eigenvalue weighted by Gasteiger charge is -2.30. The van der Waals surface area contributed by atoms with E-state index >= 15 is 0 Å². The maximum Gasteiger partial charge on any atom is 0.481 e. The number of hydrogen-bond donors (Lipinski definition) is 10. The van der Waals surface area contributed by atoms with Crippen molar-refractivity contribution >= 4 is 69.1 Å². The molecule has 0 radical (unpaired) electrons. The van der Waals surface area contributed by atoms with Crippen molar-refractivity contribution in [1.29, 1.82) is 0 Å². The summed E-state index contributed by atoms with van der Waals surface area (Å²) in [5.41, 5.74) is 5.06.